The van der Waals surface area contributed by atoms with Crippen LogP contribution in [0.4, 0.5) is 0 Å². The van der Waals surface area contributed by atoms with Crippen molar-refractivity contribution in [1.29, 1.82) is 0 Å². The molecule has 0 radical (unpaired) electrons. The van der Waals surface area contributed by atoms with E-state index in [4.69, 9.17) is 0 Å². The molecule has 96 valence electrons. The van der Waals surface area contributed by atoms with Crippen molar-refractivity contribution >= 4 is 0 Å². The molecule has 1 fully saturated rings. The first kappa shape index (κ1) is 14.0. The molecule has 0 aliphatic heterocycles. The molecule has 1 rings (SSSR count). The van der Waals surface area contributed by atoms with Gasteiger partial charge in [0.25, 0.3) is 0 Å². The average Bonchev–Trinajstić information content (AvgIpc) is 2.09. The third-order valence-electron chi connectivity index (χ3n) is 3.42. The van der Waals surface area contributed by atoms with Crippen molar-refractivity contribution in [2.45, 2.75) is 71.9 Å². The summed E-state index contributed by atoms with van der Waals surface area (Å²) in [5, 5.41) is 7.21. The van der Waals surface area contributed by atoms with Crippen LogP contribution in [0.25, 0.3) is 0 Å². The van der Waals surface area contributed by atoms with Gasteiger partial charge in [-0.05, 0) is 45.4 Å². The molecule has 0 amide bonds. The number of rotatable bonds is 4. The van der Waals surface area contributed by atoms with E-state index in [0.29, 0.717) is 5.41 Å². The van der Waals surface area contributed by atoms with Crippen molar-refractivity contribution in [2.75, 3.05) is 13.1 Å². The smallest absolute Gasteiger partial charge is 0.00970 e. The summed E-state index contributed by atoms with van der Waals surface area (Å²) in [5.41, 5.74) is 0.793. The van der Waals surface area contributed by atoms with Crippen LogP contribution in [0.15, 0.2) is 0 Å². The van der Waals surface area contributed by atoms with Gasteiger partial charge >= 0.3 is 0 Å². The summed E-state index contributed by atoms with van der Waals surface area (Å²) in [5.74, 6) is 0. The van der Waals surface area contributed by atoms with E-state index in [1.165, 1.54) is 25.7 Å². The lowest BCUT2D eigenvalue weighted by Crippen LogP contribution is -2.44. The molecule has 2 heteroatoms. The third-order valence-corrected chi connectivity index (χ3v) is 3.42. The number of nitrogens with one attached hydrogen (secondary N) is 2. The maximum atomic E-state index is 3.69. The van der Waals surface area contributed by atoms with Gasteiger partial charge in [0.2, 0.25) is 0 Å². The predicted molar refractivity (Wildman–Crippen MR) is 71.8 cm³/mol. The van der Waals surface area contributed by atoms with Gasteiger partial charge in [-0.1, -0.05) is 20.3 Å². The van der Waals surface area contributed by atoms with E-state index in [9.17, 15) is 0 Å². The highest BCUT2D eigenvalue weighted by Gasteiger charge is 2.27. The molecule has 1 atom stereocenters. The Kier molecular flexibility index (Phi) is 4.81. The summed E-state index contributed by atoms with van der Waals surface area (Å²) in [6, 6.07) is 0.741. The Morgan fingerprint density at radius 3 is 2.44 bits per heavy atom. The molecule has 0 aromatic rings. The van der Waals surface area contributed by atoms with Gasteiger partial charge in [0.05, 0.1) is 0 Å². The molecule has 0 saturated heterocycles. The first-order valence-corrected chi connectivity index (χ1v) is 6.77. The van der Waals surface area contributed by atoms with E-state index < -0.39 is 0 Å². The Balaban J connectivity index is 2.13. The van der Waals surface area contributed by atoms with Crippen LogP contribution in [0.3, 0.4) is 0 Å². The summed E-state index contributed by atoms with van der Waals surface area (Å²) in [7, 11) is 0. The number of hydrogen-bond donors (Lipinski definition) is 2. The molecule has 1 aliphatic carbocycles. The fraction of sp³-hybridized carbons (Fsp3) is 1.00. The van der Waals surface area contributed by atoms with Crippen LogP contribution >= 0.6 is 0 Å². The van der Waals surface area contributed by atoms with Crippen LogP contribution in [0, 0.1) is 5.41 Å². The Labute approximate surface area is 102 Å². The molecule has 0 heterocycles. The Morgan fingerprint density at radius 1 is 1.19 bits per heavy atom. The van der Waals surface area contributed by atoms with Crippen LogP contribution in [0.5, 0.6) is 0 Å². The van der Waals surface area contributed by atoms with Crippen molar-refractivity contribution in [3.63, 3.8) is 0 Å². The van der Waals surface area contributed by atoms with Crippen molar-refractivity contribution in [2.24, 2.45) is 5.41 Å². The highest BCUT2D eigenvalue weighted by atomic mass is 15.0. The first-order valence-electron chi connectivity index (χ1n) is 6.77. The van der Waals surface area contributed by atoms with Gasteiger partial charge in [-0.3, -0.25) is 0 Å². The summed E-state index contributed by atoms with van der Waals surface area (Å²) < 4.78 is 0. The maximum Gasteiger partial charge on any atom is 0.00970 e. The van der Waals surface area contributed by atoms with Crippen molar-refractivity contribution in [1.82, 2.24) is 10.6 Å². The summed E-state index contributed by atoms with van der Waals surface area (Å²) >= 11 is 0. The van der Waals surface area contributed by atoms with Gasteiger partial charge in [-0.2, -0.15) is 0 Å². The summed E-state index contributed by atoms with van der Waals surface area (Å²) in [6.07, 6.45) is 5.48. The van der Waals surface area contributed by atoms with E-state index >= 15 is 0 Å². The largest absolute Gasteiger partial charge is 0.313 e. The normalized spacial score (nSPS) is 25.7. The zero-order valence-electron chi connectivity index (χ0n) is 11.8. The zero-order valence-corrected chi connectivity index (χ0v) is 11.8. The monoisotopic (exact) mass is 226 g/mol. The Morgan fingerprint density at radius 2 is 1.88 bits per heavy atom. The molecule has 2 N–H and O–H groups in total. The highest BCUT2D eigenvalue weighted by Crippen LogP contribution is 2.34. The second-order valence-corrected chi connectivity index (χ2v) is 7.09. The molecular formula is C14H30N2. The number of hydrogen-bond acceptors (Lipinski definition) is 2. The fourth-order valence-corrected chi connectivity index (χ4v) is 2.59. The standard InChI is InChI=1S/C14H30N2/c1-13(2,3)16-10-9-15-12-7-6-8-14(4,5)11-12/h12,15-16H,6-11H2,1-5H3. The molecule has 0 spiro atoms. The minimum absolute atomic E-state index is 0.244. The molecule has 1 aliphatic rings. The molecule has 0 aromatic carbocycles. The lowest BCUT2D eigenvalue weighted by molar-refractivity contribution is 0.198. The van der Waals surface area contributed by atoms with Gasteiger partial charge in [0.1, 0.15) is 0 Å². The lowest BCUT2D eigenvalue weighted by atomic mass is 9.75. The molecule has 2 nitrogen and oxygen atoms in total. The van der Waals surface area contributed by atoms with Crippen molar-refractivity contribution < 1.29 is 0 Å². The SMILES string of the molecule is CC1(C)CCCC(NCCNC(C)(C)C)C1. The second-order valence-electron chi connectivity index (χ2n) is 7.09. The Hall–Kier alpha value is -0.0800. The minimum Gasteiger partial charge on any atom is -0.313 e. The molecule has 0 aromatic heterocycles. The van der Waals surface area contributed by atoms with Gasteiger partial charge < -0.3 is 10.6 Å². The van der Waals surface area contributed by atoms with Crippen LogP contribution in [0.2, 0.25) is 0 Å². The van der Waals surface area contributed by atoms with E-state index in [1.807, 2.05) is 0 Å². The molecule has 1 saturated carbocycles. The summed E-state index contributed by atoms with van der Waals surface area (Å²) in [4.78, 5) is 0. The van der Waals surface area contributed by atoms with Gasteiger partial charge in [-0.25, -0.2) is 0 Å². The van der Waals surface area contributed by atoms with Crippen LogP contribution < -0.4 is 10.6 Å². The van der Waals surface area contributed by atoms with Gasteiger partial charge in [0, 0.05) is 24.7 Å². The lowest BCUT2D eigenvalue weighted by Gasteiger charge is -2.36. The van der Waals surface area contributed by atoms with Gasteiger partial charge in [0.15, 0.2) is 0 Å². The van der Waals surface area contributed by atoms with E-state index in [0.717, 1.165) is 19.1 Å². The maximum absolute atomic E-state index is 3.69. The van der Waals surface area contributed by atoms with Gasteiger partial charge in [-0.15, -0.1) is 0 Å². The average molecular weight is 226 g/mol. The fourth-order valence-electron chi connectivity index (χ4n) is 2.59. The highest BCUT2D eigenvalue weighted by molar-refractivity contribution is 4.83. The Bertz CT molecular complexity index is 203. The molecule has 16 heavy (non-hydrogen) atoms. The van der Waals surface area contributed by atoms with Crippen LogP contribution in [0.1, 0.15) is 60.3 Å². The van der Waals surface area contributed by atoms with E-state index in [2.05, 4.69) is 45.3 Å². The van der Waals surface area contributed by atoms with Crippen molar-refractivity contribution in [3.8, 4) is 0 Å². The second kappa shape index (κ2) is 5.50. The van der Waals surface area contributed by atoms with E-state index in [1.54, 1.807) is 0 Å². The topological polar surface area (TPSA) is 24.1 Å². The van der Waals surface area contributed by atoms with Crippen LogP contribution in [-0.2, 0) is 0 Å². The van der Waals surface area contributed by atoms with Crippen LogP contribution in [-0.4, -0.2) is 24.7 Å². The van der Waals surface area contributed by atoms with E-state index in [-0.39, 0.29) is 5.54 Å². The molecular weight excluding hydrogens is 196 g/mol. The summed E-state index contributed by atoms with van der Waals surface area (Å²) in [6.45, 7) is 13.6. The van der Waals surface area contributed by atoms with Crippen molar-refractivity contribution in [3.05, 3.63) is 0 Å². The molecule has 1 unspecified atom stereocenters. The predicted octanol–water partition coefficient (Wildman–Crippen LogP) is 2.93. The minimum atomic E-state index is 0.244. The zero-order chi connectivity index (χ0) is 12.2. The quantitative estimate of drug-likeness (QED) is 0.720. The first-order chi connectivity index (χ1) is 7.29. The molecule has 0 bridgehead atoms. The third kappa shape index (κ3) is 5.86.